The first-order valence-corrected chi connectivity index (χ1v) is 13.2. The number of H-pyrrole nitrogens is 2. The maximum absolute atomic E-state index is 11.5. The molecule has 3 aromatic rings. The van der Waals surface area contributed by atoms with Crippen LogP contribution < -0.4 is 10.5 Å². The summed E-state index contributed by atoms with van der Waals surface area (Å²) in [4.78, 5) is 23.1. The molecule has 0 aliphatic carbocycles. The number of aliphatic imine (C=N–C) groups is 1. The Balaban J connectivity index is 1.35. The molecular formula is C30H38N4O2. The molecular weight excluding hydrogens is 448 g/mol. The van der Waals surface area contributed by atoms with Crippen LogP contribution in [0.1, 0.15) is 87.2 Å². The van der Waals surface area contributed by atoms with Crippen LogP contribution in [0.2, 0.25) is 0 Å². The van der Waals surface area contributed by atoms with Gasteiger partial charge in [-0.3, -0.25) is 9.79 Å². The van der Waals surface area contributed by atoms with Gasteiger partial charge in [-0.1, -0.05) is 64.4 Å². The number of aromatic amines is 2. The minimum absolute atomic E-state index is 0.439. The summed E-state index contributed by atoms with van der Waals surface area (Å²) in [6.45, 7) is 2.27. The normalized spacial score (nSPS) is 14.2. The number of hydrogen-bond acceptors (Lipinski definition) is 3. The minimum Gasteiger partial charge on any atom is -0.494 e. The highest BCUT2D eigenvalue weighted by atomic mass is 16.5. The molecule has 6 nitrogen and oxygen atoms in total. The Morgan fingerprint density at radius 1 is 0.944 bits per heavy atom. The molecule has 0 saturated heterocycles. The van der Waals surface area contributed by atoms with E-state index < -0.39 is 5.91 Å². The summed E-state index contributed by atoms with van der Waals surface area (Å²) in [6, 6.07) is 9.42. The quantitative estimate of drug-likeness (QED) is 0.205. The zero-order valence-corrected chi connectivity index (χ0v) is 21.5. The number of amides is 1. The number of nitrogens with two attached hydrogens (primary N) is 1. The molecule has 1 amide bonds. The van der Waals surface area contributed by atoms with Crippen LogP contribution in [0.15, 0.2) is 53.2 Å². The topological polar surface area (TPSA) is 96.3 Å². The molecule has 2 aromatic heterocycles. The van der Waals surface area contributed by atoms with E-state index in [-0.39, 0.29) is 0 Å². The third-order valence-corrected chi connectivity index (χ3v) is 6.78. The van der Waals surface area contributed by atoms with Crippen molar-refractivity contribution in [3.63, 3.8) is 0 Å². The smallest absolute Gasteiger partial charge is 0.248 e. The molecule has 1 aliphatic heterocycles. The Kier molecular flexibility index (Phi) is 8.82. The lowest BCUT2D eigenvalue weighted by Crippen LogP contribution is -2.10. The Morgan fingerprint density at radius 3 is 2.39 bits per heavy atom. The fourth-order valence-corrected chi connectivity index (χ4v) is 4.70. The Bertz CT molecular complexity index is 1280. The molecule has 1 aromatic carbocycles. The Morgan fingerprint density at radius 2 is 1.67 bits per heavy atom. The highest BCUT2D eigenvalue weighted by Gasteiger charge is 2.13. The number of carbonyl (C=O) groups is 1. The molecule has 4 rings (SSSR count). The largest absolute Gasteiger partial charge is 0.494 e. The Labute approximate surface area is 213 Å². The fraction of sp³-hybridized carbons (Fsp3) is 0.400. The van der Waals surface area contributed by atoms with Gasteiger partial charge in [0.05, 0.1) is 29.9 Å². The second kappa shape index (κ2) is 12.4. The maximum Gasteiger partial charge on any atom is 0.248 e. The Hall–Kier alpha value is -3.54. The molecule has 190 valence electrons. The van der Waals surface area contributed by atoms with Crippen LogP contribution in [0.4, 0.5) is 0 Å². The predicted molar refractivity (Wildman–Crippen MR) is 150 cm³/mol. The first-order chi connectivity index (χ1) is 17.6. The van der Waals surface area contributed by atoms with Gasteiger partial charge in [-0.25, -0.2) is 0 Å². The number of carbonyl (C=O) groups excluding carboxylic acids is 1. The van der Waals surface area contributed by atoms with Gasteiger partial charge >= 0.3 is 0 Å². The number of allylic oxidation sites excluding steroid dienone is 2. The molecule has 0 radical (unpaired) electrons. The van der Waals surface area contributed by atoms with Crippen molar-refractivity contribution in [2.45, 2.75) is 71.1 Å². The van der Waals surface area contributed by atoms with Crippen LogP contribution in [0, 0.1) is 0 Å². The van der Waals surface area contributed by atoms with Crippen LogP contribution in [-0.4, -0.2) is 28.7 Å². The standard InChI is InChI=1S/C30H38N4O2/c1-3-4-5-6-7-8-9-10-11-12-23-15-16-24(32-23)19-28-29(36-2)20-27(34-28)26-17-21-13-14-22(30(31)35)18-25(21)33-26/h13-20,33-34H,3-12H2,1-2H3,(H2,31,35). The summed E-state index contributed by atoms with van der Waals surface area (Å²) in [5, 5.41) is 1.01. The van der Waals surface area contributed by atoms with Crippen LogP contribution in [0.3, 0.4) is 0 Å². The van der Waals surface area contributed by atoms with Gasteiger partial charge in [0.1, 0.15) is 5.75 Å². The molecule has 1 aliphatic rings. The number of nitrogens with zero attached hydrogens (tertiary/aromatic N) is 1. The number of hydrogen-bond donors (Lipinski definition) is 3. The summed E-state index contributed by atoms with van der Waals surface area (Å²) in [5.74, 6) is 0.316. The zero-order chi connectivity index (χ0) is 25.3. The number of ether oxygens (including phenoxy) is 1. The molecule has 0 fully saturated rings. The summed E-state index contributed by atoms with van der Waals surface area (Å²) < 4.78 is 5.62. The van der Waals surface area contributed by atoms with Crippen molar-refractivity contribution >= 4 is 28.6 Å². The van der Waals surface area contributed by atoms with E-state index in [9.17, 15) is 4.79 Å². The number of primary amides is 1. The monoisotopic (exact) mass is 486 g/mol. The van der Waals surface area contributed by atoms with Crippen molar-refractivity contribution in [1.29, 1.82) is 0 Å². The summed E-state index contributed by atoms with van der Waals surface area (Å²) >= 11 is 0. The maximum atomic E-state index is 11.5. The first kappa shape index (κ1) is 25.5. The number of nitrogens with one attached hydrogen (secondary N) is 2. The lowest BCUT2D eigenvalue weighted by atomic mass is 10.1. The van der Waals surface area contributed by atoms with Crippen molar-refractivity contribution in [3.05, 3.63) is 59.4 Å². The number of benzene rings is 1. The molecule has 0 spiro atoms. The lowest BCUT2D eigenvalue weighted by Gasteiger charge is -2.02. The van der Waals surface area contributed by atoms with E-state index >= 15 is 0 Å². The van der Waals surface area contributed by atoms with Gasteiger partial charge in [-0.2, -0.15) is 0 Å². The van der Waals surface area contributed by atoms with E-state index in [0.717, 1.165) is 51.6 Å². The molecule has 4 N–H and O–H groups in total. The number of unbranched alkanes of at least 4 members (excludes halogenated alkanes) is 8. The third kappa shape index (κ3) is 6.56. The van der Waals surface area contributed by atoms with Crippen molar-refractivity contribution in [2.24, 2.45) is 10.7 Å². The van der Waals surface area contributed by atoms with Crippen LogP contribution in [0.25, 0.3) is 28.4 Å². The SMILES string of the molecule is CCCCCCCCCCCC1=NC(=Cc2[nH]c(-c3cc4ccc(C(N)=O)cc4[nH]3)cc2OC)C=C1. The average molecular weight is 487 g/mol. The highest BCUT2D eigenvalue weighted by Crippen LogP contribution is 2.31. The van der Waals surface area contributed by atoms with E-state index in [2.05, 4.69) is 29.0 Å². The third-order valence-electron chi connectivity index (χ3n) is 6.78. The zero-order valence-electron chi connectivity index (χ0n) is 21.5. The predicted octanol–water partition coefficient (Wildman–Crippen LogP) is 7.54. The van der Waals surface area contributed by atoms with Crippen LogP contribution in [0.5, 0.6) is 5.75 Å². The number of methoxy groups -OCH3 is 1. The molecule has 0 atom stereocenters. The highest BCUT2D eigenvalue weighted by molar-refractivity contribution is 5.99. The van der Waals surface area contributed by atoms with Crippen LogP contribution in [-0.2, 0) is 0 Å². The van der Waals surface area contributed by atoms with E-state index in [1.807, 2.05) is 24.3 Å². The van der Waals surface area contributed by atoms with E-state index in [1.54, 1.807) is 19.2 Å². The van der Waals surface area contributed by atoms with E-state index in [0.29, 0.717) is 5.56 Å². The second-order valence-corrected chi connectivity index (χ2v) is 9.60. The molecule has 0 saturated carbocycles. The van der Waals surface area contributed by atoms with Crippen molar-refractivity contribution in [3.8, 4) is 17.1 Å². The lowest BCUT2D eigenvalue weighted by molar-refractivity contribution is 0.100. The molecule has 3 heterocycles. The van der Waals surface area contributed by atoms with Gasteiger partial charge in [0.2, 0.25) is 5.91 Å². The van der Waals surface area contributed by atoms with Gasteiger partial charge in [0.25, 0.3) is 0 Å². The van der Waals surface area contributed by atoms with Gasteiger partial charge in [0.15, 0.2) is 0 Å². The number of rotatable bonds is 14. The molecule has 0 unspecified atom stereocenters. The van der Waals surface area contributed by atoms with Gasteiger partial charge < -0.3 is 20.4 Å². The second-order valence-electron chi connectivity index (χ2n) is 9.60. The van der Waals surface area contributed by atoms with Crippen molar-refractivity contribution < 1.29 is 9.53 Å². The summed E-state index contributed by atoms with van der Waals surface area (Å²) in [5.41, 5.74) is 11.5. The summed E-state index contributed by atoms with van der Waals surface area (Å²) in [7, 11) is 1.67. The molecule has 0 bridgehead atoms. The van der Waals surface area contributed by atoms with Gasteiger partial charge in [-0.15, -0.1) is 0 Å². The minimum atomic E-state index is -0.439. The average Bonchev–Trinajstić information content (AvgIpc) is 3.60. The van der Waals surface area contributed by atoms with Gasteiger partial charge in [0, 0.05) is 28.2 Å². The fourth-order valence-electron chi connectivity index (χ4n) is 4.70. The van der Waals surface area contributed by atoms with Crippen molar-refractivity contribution in [1.82, 2.24) is 9.97 Å². The first-order valence-electron chi connectivity index (χ1n) is 13.2. The van der Waals surface area contributed by atoms with E-state index in [4.69, 9.17) is 15.5 Å². The molecule has 36 heavy (non-hydrogen) atoms. The van der Waals surface area contributed by atoms with E-state index in [1.165, 1.54) is 57.8 Å². The molecule has 6 heteroatoms. The summed E-state index contributed by atoms with van der Waals surface area (Å²) in [6.07, 6.45) is 19.2. The van der Waals surface area contributed by atoms with Crippen LogP contribution >= 0.6 is 0 Å². The number of aromatic nitrogens is 2. The van der Waals surface area contributed by atoms with Gasteiger partial charge in [-0.05, 0) is 49.3 Å². The van der Waals surface area contributed by atoms with Crippen molar-refractivity contribution in [2.75, 3.05) is 7.11 Å². The number of fused-ring (bicyclic) bond motifs is 1.